The molecule has 0 aromatic carbocycles. The summed E-state index contributed by atoms with van der Waals surface area (Å²) in [6, 6.07) is 0.0734. The third-order valence-electron chi connectivity index (χ3n) is 3.32. The van der Waals surface area contributed by atoms with Crippen molar-refractivity contribution in [1.82, 2.24) is 4.90 Å². The Kier molecular flexibility index (Phi) is 5.84. The molecule has 2 atom stereocenters. The first-order valence-corrected chi connectivity index (χ1v) is 7.41. The molecule has 0 N–H and O–H groups in total. The summed E-state index contributed by atoms with van der Waals surface area (Å²) in [7, 11) is 0. The van der Waals surface area contributed by atoms with Crippen molar-refractivity contribution in [3.63, 3.8) is 0 Å². The van der Waals surface area contributed by atoms with Crippen molar-refractivity contribution >= 4 is 12.1 Å². The lowest BCUT2D eigenvalue weighted by Gasteiger charge is -2.29. The Labute approximate surface area is 121 Å². The molecule has 2 unspecified atom stereocenters. The van der Waals surface area contributed by atoms with E-state index in [1.807, 2.05) is 27.7 Å². The highest BCUT2D eigenvalue weighted by Crippen LogP contribution is 2.26. The number of hydrogen-bond donors (Lipinski definition) is 0. The van der Waals surface area contributed by atoms with Gasteiger partial charge in [-0.15, -0.1) is 0 Å². The second-order valence-corrected chi connectivity index (χ2v) is 6.36. The summed E-state index contributed by atoms with van der Waals surface area (Å²) in [4.78, 5) is 25.6. The van der Waals surface area contributed by atoms with Crippen molar-refractivity contribution in [2.45, 2.75) is 65.5 Å². The van der Waals surface area contributed by atoms with Crippen LogP contribution >= 0.6 is 0 Å². The summed E-state index contributed by atoms with van der Waals surface area (Å²) in [6.07, 6.45) is 2.23. The molecule has 1 aliphatic rings. The van der Waals surface area contributed by atoms with Gasteiger partial charge in [-0.2, -0.15) is 0 Å². The Morgan fingerprint density at radius 1 is 1.35 bits per heavy atom. The zero-order chi connectivity index (χ0) is 15.3. The molecule has 5 heteroatoms. The number of carbonyl (C=O) groups is 2. The lowest BCUT2D eigenvalue weighted by atomic mass is 10.0. The number of nitrogens with zero attached hydrogens (tertiary/aromatic N) is 1. The summed E-state index contributed by atoms with van der Waals surface area (Å²) < 4.78 is 10.4. The number of hydrogen-bond acceptors (Lipinski definition) is 4. The lowest BCUT2D eigenvalue weighted by Crippen LogP contribution is -2.41. The topological polar surface area (TPSA) is 55.8 Å². The molecular formula is C15H27NO4. The van der Waals surface area contributed by atoms with Gasteiger partial charge in [-0.25, -0.2) is 4.79 Å². The molecule has 0 bridgehead atoms. The summed E-state index contributed by atoms with van der Waals surface area (Å²) in [6.45, 7) is 10.3. The van der Waals surface area contributed by atoms with Crippen molar-refractivity contribution in [3.8, 4) is 0 Å². The highest BCUT2D eigenvalue weighted by molar-refractivity contribution is 5.72. The molecule has 20 heavy (non-hydrogen) atoms. The SMILES string of the molecule is CCOC(=O)C(C)CC1CCCN1C(=O)OC(C)(C)C. The Morgan fingerprint density at radius 3 is 2.55 bits per heavy atom. The molecule has 0 saturated carbocycles. The summed E-state index contributed by atoms with van der Waals surface area (Å²) >= 11 is 0. The molecule has 116 valence electrons. The third kappa shape index (κ3) is 5.02. The zero-order valence-electron chi connectivity index (χ0n) is 13.3. The highest BCUT2D eigenvalue weighted by atomic mass is 16.6. The Bertz CT molecular complexity index is 348. The van der Waals surface area contributed by atoms with Crippen molar-refractivity contribution in [1.29, 1.82) is 0 Å². The molecule has 1 heterocycles. The molecule has 0 aromatic rings. The standard InChI is InChI=1S/C15H27NO4/c1-6-19-13(17)11(2)10-12-8-7-9-16(12)14(18)20-15(3,4)5/h11-12H,6-10H2,1-5H3. The minimum Gasteiger partial charge on any atom is -0.466 e. The van der Waals surface area contributed by atoms with Gasteiger partial charge < -0.3 is 14.4 Å². The predicted molar refractivity (Wildman–Crippen MR) is 76.4 cm³/mol. The van der Waals surface area contributed by atoms with E-state index < -0.39 is 5.60 Å². The molecule has 0 aromatic heterocycles. The van der Waals surface area contributed by atoms with Crippen LogP contribution in [-0.2, 0) is 14.3 Å². The van der Waals surface area contributed by atoms with Crippen molar-refractivity contribution in [3.05, 3.63) is 0 Å². The monoisotopic (exact) mass is 285 g/mol. The van der Waals surface area contributed by atoms with E-state index in [2.05, 4.69) is 0 Å². The van der Waals surface area contributed by atoms with E-state index in [0.29, 0.717) is 19.6 Å². The van der Waals surface area contributed by atoms with E-state index >= 15 is 0 Å². The first kappa shape index (κ1) is 16.8. The van der Waals surface area contributed by atoms with Crippen LogP contribution in [0.15, 0.2) is 0 Å². The minimum absolute atomic E-state index is 0.0734. The maximum absolute atomic E-state index is 12.1. The van der Waals surface area contributed by atoms with Crippen LogP contribution in [0.1, 0.15) is 53.9 Å². The van der Waals surface area contributed by atoms with Crippen LogP contribution in [0.25, 0.3) is 0 Å². The fourth-order valence-corrected chi connectivity index (χ4v) is 2.43. The minimum atomic E-state index is -0.489. The van der Waals surface area contributed by atoms with E-state index in [1.165, 1.54) is 0 Å². The number of ether oxygens (including phenoxy) is 2. The second-order valence-electron chi connectivity index (χ2n) is 6.36. The number of carbonyl (C=O) groups excluding carboxylic acids is 2. The number of amides is 1. The molecule has 1 rings (SSSR count). The zero-order valence-corrected chi connectivity index (χ0v) is 13.3. The van der Waals surface area contributed by atoms with E-state index in [-0.39, 0.29) is 24.0 Å². The molecule has 0 radical (unpaired) electrons. The van der Waals surface area contributed by atoms with Gasteiger partial charge in [0.05, 0.1) is 12.5 Å². The van der Waals surface area contributed by atoms with Gasteiger partial charge >= 0.3 is 12.1 Å². The molecule has 1 fully saturated rings. The number of esters is 1. The highest BCUT2D eigenvalue weighted by Gasteiger charge is 2.34. The average molecular weight is 285 g/mol. The molecule has 1 saturated heterocycles. The van der Waals surface area contributed by atoms with Gasteiger partial charge in [-0.05, 0) is 47.0 Å². The summed E-state index contributed by atoms with van der Waals surface area (Å²) in [5, 5.41) is 0. The van der Waals surface area contributed by atoms with E-state index in [1.54, 1.807) is 11.8 Å². The van der Waals surface area contributed by atoms with Gasteiger partial charge in [-0.1, -0.05) is 6.92 Å². The summed E-state index contributed by atoms with van der Waals surface area (Å²) in [5.74, 6) is -0.383. The maximum atomic E-state index is 12.1. The third-order valence-corrected chi connectivity index (χ3v) is 3.32. The van der Waals surface area contributed by atoms with Gasteiger partial charge in [0.15, 0.2) is 0 Å². The van der Waals surface area contributed by atoms with Gasteiger partial charge in [0, 0.05) is 12.6 Å². The van der Waals surface area contributed by atoms with E-state index in [0.717, 1.165) is 12.8 Å². The Hall–Kier alpha value is -1.26. The van der Waals surface area contributed by atoms with Crippen molar-refractivity contribution < 1.29 is 19.1 Å². The van der Waals surface area contributed by atoms with Crippen LogP contribution in [0.2, 0.25) is 0 Å². The molecule has 1 aliphatic heterocycles. The summed E-state index contributed by atoms with van der Waals surface area (Å²) in [5.41, 5.74) is -0.489. The average Bonchev–Trinajstić information content (AvgIpc) is 2.75. The van der Waals surface area contributed by atoms with Crippen molar-refractivity contribution in [2.75, 3.05) is 13.2 Å². The predicted octanol–water partition coefficient (Wildman–Crippen LogP) is 2.98. The Balaban J connectivity index is 2.57. The quantitative estimate of drug-likeness (QED) is 0.745. The molecule has 0 aliphatic carbocycles. The van der Waals surface area contributed by atoms with Gasteiger partial charge in [0.1, 0.15) is 5.60 Å². The van der Waals surface area contributed by atoms with Crippen LogP contribution in [0.5, 0.6) is 0 Å². The van der Waals surface area contributed by atoms with Crippen LogP contribution in [0.4, 0.5) is 4.79 Å². The van der Waals surface area contributed by atoms with Crippen LogP contribution in [-0.4, -0.2) is 41.8 Å². The van der Waals surface area contributed by atoms with Crippen LogP contribution in [0.3, 0.4) is 0 Å². The number of rotatable bonds is 4. The lowest BCUT2D eigenvalue weighted by molar-refractivity contribution is -0.148. The van der Waals surface area contributed by atoms with Crippen LogP contribution in [0, 0.1) is 5.92 Å². The van der Waals surface area contributed by atoms with Gasteiger partial charge in [0.2, 0.25) is 0 Å². The van der Waals surface area contributed by atoms with Crippen LogP contribution < -0.4 is 0 Å². The van der Waals surface area contributed by atoms with Gasteiger partial charge in [0.25, 0.3) is 0 Å². The fourth-order valence-electron chi connectivity index (χ4n) is 2.43. The first-order valence-electron chi connectivity index (χ1n) is 7.41. The van der Waals surface area contributed by atoms with Crippen molar-refractivity contribution in [2.24, 2.45) is 5.92 Å². The number of likely N-dealkylation sites (tertiary alicyclic amines) is 1. The van der Waals surface area contributed by atoms with E-state index in [4.69, 9.17) is 9.47 Å². The largest absolute Gasteiger partial charge is 0.466 e. The van der Waals surface area contributed by atoms with E-state index in [9.17, 15) is 9.59 Å². The second kappa shape index (κ2) is 6.95. The normalized spacial score (nSPS) is 20.6. The molecule has 5 nitrogen and oxygen atoms in total. The molecule has 1 amide bonds. The molecule has 0 spiro atoms. The first-order chi connectivity index (χ1) is 9.24. The molecular weight excluding hydrogens is 258 g/mol. The fraction of sp³-hybridized carbons (Fsp3) is 0.867. The smallest absolute Gasteiger partial charge is 0.410 e. The Morgan fingerprint density at radius 2 is 2.00 bits per heavy atom. The maximum Gasteiger partial charge on any atom is 0.410 e. The van der Waals surface area contributed by atoms with Gasteiger partial charge in [-0.3, -0.25) is 4.79 Å².